The normalized spacial score (nSPS) is 13.7. The summed E-state index contributed by atoms with van der Waals surface area (Å²) in [6.45, 7) is 3.15. The van der Waals surface area contributed by atoms with Gasteiger partial charge < -0.3 is 14.6 Å². The summed E-state index contributed by atoms with van der Waals surface area (Å²) in [6, 6.07) is 3.73. The van der Waals surface area contributed by atoms with Crippen molar-refractivity contribution >= 4 is 46.7 Å². The van der Waals surface area contributed by atoms with E-state index in [4.69, 9.17) is 4.42 Å². The van der Waals surface area contributed by atoms with Gasteiger partial charge in [0.25, 0.3) is 0 Å². The van der Waals surface area contributed by atoms with E-state index in [-0.39, 0.29) is 17.6 Å². The molecule has 2 aromatic rings. The van der Waals surface area contributed by atoms with Crippen LogP contribution in [0.1, 0.15) is 44.8 Å². The minimum atomic E-state index is -0.00393. The van der Waals surface area contributed by atoms with Gasteiger partial charge in [0.15, 0.2) is 8.68 Å². The Kier molecular flexibility index (Phi) is 9.28. The molecule has 0 fully saturated rings. The first-order valence-electron chi connectivity index (χ1n) is 10.0. The van der Waals surface area contributed by atoms with Gasteiger partial charge in [-0.3, -0.25) is 9.59 Å². The number of aromatic nitrogens is 2. The van der Waals surface area contributed by atoms with Crippen LogP contribution in [0, 0.1) is 0 Å². The van der Waals surface area contributed by atoms with E-state index in [2.05, 4.69) is 21.6 Å². The third-order valence-corrected chi connectivity index (χ3v) is 7.59. The Hall–Kier alpha value is -1.78. The Morgan fingerprint density at radius 1 is 1.23 bits per heavy atom. The van der Waals surface area contributed by atoms with E-state index in [0.717, 1.165) is 45.8 Å². The smallest absolute Gasteiger partial charge is 0.237 e. The number of hydrogen-bond donors (Lipinski definition) is 1. The first-order valence-corrected chi connectivity index (χ1v) is 12.8. The first kappa shape index (κ1) is 22.9. The van der Waals surface area contributed by atoms with Crippen molar-refractivity contribution in [2.45, 2.75) is 54.3 Å². The van der Waals surface area contributed by atoms with E-state index in [9.17, 15) is 9.59 Å². The second-order valence-electron chi connectivity index (χ2n) is 6.76. The molecule has 0 radical (unpaired) electrons. The lowest BCUT2D eigenvalue weighted by molar-refractivity contribution is -0.127. The molecule has 3 rings (SSSR count). The van der Waals surface area contributed by atoms with Crippen LogP contribution >= 0.6 is 34.9 Å². The van der Waals surface area contributed by atoms with Gasteiger partial charge in [0.2, 0.25) is 11.8 Å². The predicted molar refractivity (Wildman–Crippen MR) is 120 cm³/mol. The summed E-state index contributed by atoms with van der Waals surface area (Å²) in [4.78, 5) is 26.5. The van der Waals surface area contributed by atoms with Gasteiger partial charge in [0.05, 0.1) is 24.3 Å². The molecule has 1 N–H and O–H groups in total. The molecule has 0 aromatic carbocycles. The highest BCUT2D eigenvalue weighted by molar-refractivity contribution is 8.03. The lowest BCUT2D eigenvalue weighted by Crippen LogP contribution is -2.32. The van der Waals surface area contributed by atoms with Crippen LogP contribution in [0.25, 0.3) is 0 Å². The molecule has 1 aliphatic carbocycles. The van der Waals surface area contributed by atoms with E-state index in [1.54, 1.807) is 6.26 Å². The Morgan fingerprint density at radius 3 is 2.70 bits per heavy atom. The quantitative estimate of drug-likeness (QED) is 0.493. The van der Waals surface area contributed by atoms with Crippen LogP contribution in [0.5, 0.6) is 0 Å². The minimum Gasteiger partial charge on any atom is -0.467 e. The molecule has 7 nitrogen and oxygen atoms in total. The second-order valence-corrected chi connectivity index (χ2v) is 10.2. The van der Waals surface area contributed by atoms with Crippen LogP contribution in [-0.4, -0.2) is 45.0 Å². The van der Waals surface area contributed by atoms with Gasteiger partial charge in [-0.1, -0.05) is 47.9 Å². The molecule has 0 saturated carbocycles. The molecule has 0 atom stereocenters. The fourth-order valence-corrected chi connectivity index (χ4v) is 5.66. The van der Waals surface area contributed by atoms with Gasteiger partial charge in [-0.05, 0) is 44.2 Å². The molecular formula is C20H26N4O3S3. The zero-order valence-electron chi connectivity index (χ0n) is 17.0. The van der Waals surface area contributed by atoms with Crippen molar-refractivity contribution in [2.75, 3.05) is 18.1 Å². The molecule has 0 unspecified atom stereocenters. The molecule has 0 aliphatic heterocycles. The Balaban J connectivity index is 1.53. The average molecular weight is 467 g/mol. The lowest BCUT2D eigenvalue weighted by Gasteiger charge is -2.26. The maximum atomic E-state index is 13.0. The van der Waals surface area contributed by atoms with Crippen LogP contribution in [0.15, 0.2) is 43.3 Å². The van der Waals surface area contributed by atoms with Crippen molar-refractivity contribution < 1.29 is 14.0 Å². The van der Waals surface area contributed by atoms with E-state index in [0.29, 0.717) is 18.8 Å². The number of hydrogen-bond acceptors (Lipinski definition) is 8. The SMILES string of the molecule is CCCNC(=O)CSc1nnc(SCC(=O)N(Cc2ccco2)C2=CCCCC2)s1. The predicted octanol–water partition coefficient (Wildman–Crippen LogP) is 4.33. The Morgan fingerprint density at radius 2 is 2.03 bits per heavy atom. The molecule has 0 bridgehead atoms. The highest BCUT2D eigenvalue weighted by atomic mass is 32.2. The highest BCUT2D eigenvalue weighted by Crippen LogP contribution is 2.30. The van der Waals surface area contributed by atoms with E-state index in [1.807, 2.05) is 24.0 Å². The van der Waals surface area contributed by atoms with Crippen LogP contribution in [0.2, 0.25) is 0 Å². The Labute approximate surface area is 189 Å². The standard InChI is InChI=1S/C20H26N4O3S3/c1-2-10-21-17(25)13-28-19-22-23-20(30-19)29-14-18(26)24(12-16-9-6-11-27-16)15-7-4-3-5-8-15/h6-7,9,11H,2-5,8,10,12-14H2,1H3,(H,21,25). The fraction of sp³-hybridized carbons (Fsp3) is 0.500. The van der Waals surface area contributed by atoms with Gasteiger partial charge in [0, 0.05) is 12.2 Å². The van der Waals surface area contributed by atoms with Crippen molar-refractivity contribution in [2.24, 2.45) is 0 Å². The number of allylic oxidation sites excluding steroid dienone is 2. The number of thioether (sulfide) groups is 2. The molecule has 1 aliphatic rings. The number of furan rings is 1. The maximum Gasteiger partial charge on any atom is 0.237 e. The maximum absolute atomic E-state index is 13.0. The van der Waals surface area contributed by atoms with E-state index >= 15 is 0 Å². The van der Waals surface area contributed by atoms with Gasteiger partial charge in [-0.2, -0.15) is 0 Å². The molecular weight excluding hydrogens is 440 g/mol. The summed E-state index contributed by atoms with van der Waals surface area (Å²) >= 11 is 4.17. The minimum absolute atomic E-state index is 0.00393. The van der Waals surface area contributed by atoms with Crippen molar-refractivity contribution in [3.05, 3.63) is 35.9 Å². The molecule has 30 heavy (non-hydrogen) atoms. The van der Waals surface area contributed by atoms with Crippen LogP contribution < -0.4 is 5.32 Å². The summed E-state index contributed by atoms with van der Waals surface area (Å²) in [5.74, 6) is 1.41. The summed E-state index contributed by atoms with van der Waals surface area (Å²) in [5, 5.41) is 11.1. The van der Waals surface area contributed by atoms with Gasteiger partial charge in [0.1, 0.15) is 5.76 Å². The summed E-state index contributed by atoms with van der Waals surface area (Å²) in [5.41, 5.74) is 1.08. The van der Waals surface area contributed by atoms with Crippen molar-refractivity contribution in [1.29, 1.82) is 0 Å². The van der Waals surface area contributed by atoms with E-state index in [1.165, 1.54) is 41.3 Å². The van der Waals surface area contributed by atoms with Gasteiger partial charge in [-0.25, -0.2) is 0 Å². The molecule has 10 heteroatoms. The van der Waals surface area contributed by atoms with Crippen LogP contribution in [0.4, 0.5) is 0 Å². The topological polar surface area (TPSA) is 88.3 Å². The molecule has 2 aromatic heterocycles. The monoisotopic (exact) mass is 466 g/mol. The van der Waals surface area contributed by atoms with Crippen molar-refractivity contribution in [1.82, 2.24) is 20.4 Å². The highest BCUT2D eigenvalue weighted by Gasteiger charge is 2.21. The number of nitrogens with zero attached hydrogens (tertiary/aromatic N) is 3. The summed E-state index contributed by atoms with van der Waals surface area (Å²) in [6.07, 6.45) is 8.90. The van der Waals surface area contributed by atoms with Crippen LogP contribution in [-0.2, 0) is 16.1 Å². The molecule has 162 valence electrons. The third-order valence-electron chi connectivity index (χ3n) is 4.41. The zero-order chi connectivity index (χ0) is 21.2. The molecule has 0 saturated heterocycles. The first-order chi connectivity index (χ1) is 14.7. The van der Waals surface area contributed by atoms with Gasteiger partial charge >= 0.3 is 0 Å². The molecule has 2 amide bonds. The number of rotatable bonds is 11. The summed E-state index contributed by atoms with van der Waals surface area (Å²) in [7, 11) is 0. The number of amides is 2. The van der Waals surface area contributed by atoms with E-state index < -0.39 is 0 Å². The van der Waals surface area contributed by atoms with Crippen molar-refractivity contribution in [3.63, 3.8) is 0 Å². The van der Waals surface area contributed by atoms with Crippen LogP contribution in [0.3, 0.4) is 0 Å². The summed E-state index contributed by atoms with van der Waals surface area (Å²) < 4.78 is 6.93. The van der Waals surface area contributed by atoms with Crippen molar-refractivity contribution in [3.8, 4) is 0 Å². The molecule has 0 spiro atoms. The number of carbonyl (C=O) groups excluding carboxylic acids is 2. The number of nitrogens with one attached hydrogen (secondary N) is 1. The Bertz CT molecular complexity index is 851. The molecule has 2 heterocycles. The second kappa shape index (κ2) is 12.2. The lowest BCUT2D eigenvalue weighted by atomic mass is 10.0. The third kappa shape index (κ3) is 7.17. The fourth-order valence-electron chi connectivity index (χ4n) is 2.93. The van der Waals surface area contributed by atoms with Gasteiger partial charge in [-0.15, -0.1) is 10.2 Å². The largest absolute Gasteiger partial charge is 0.467 e. The average Bonchev–Trinajstić information content (AvgIpc) is 3.45. The zero-order valence-corrected chi connectivity index (χ0v) is 19.4. The number of carbonyl (C=O) groups is 2.